The summed E-state index contributed by atoms with van der Waals surface area (Å²) in [4.78, 5) is 10.4. The molecule has 1 saturated heterocycles. The molecule has 1 aromatic rings. The van der Waals surface area contributed by atoms with E-state index in [1.165, 1.54) is 6.26 Å². The molecule has 0 N–H and O–H groups in total. The zero-order chi connectivity index (χ0) is 11.8. The Balaban J connectivity index is 2.15. The number of aryl methyl sites for hydroxylation is 1. The molecule has 1 unspecified atom stereocenters. The summed E-state index contributed by atoms with van der Waals surface area (Å²) in [5, 5.41) is -0.281. The monoisotopic (exact) mass is 241 g/mol. The second-order valence-electron chi connectivity index (χ2n) is 4.18. The summed E-state index contributed by atoms with van der Waals surface area (Å²) in [6.07, 6.45) is 3.65. The van der Waals surface area contributed by atoms with Gasteiger partial charge >= 0.3 is 0 Å². The number of aromatic nitrogens is 2. The first-order chi connectivity index (χ1) is 7.47. The predicted molar refractivity (Wildman–Crippen MR) is 62.2 cm³/mol. The van der Waals surface area contributed by atoms with Gasteiger partial charge in [-0.05, 0) is 19.4 Å². The fraction of sp³-hybridized carbons (Fsp3) is 0.600. The van der Waals surface area contributed by atoms with Crippen molar-refractivity contribution in [2.45, 2.75) is 18.6 Å². The maximum Gasteiger partial charge on any atom is 0.225 e. The molecule has 1 aliphatic heterocycles. The molecular weight excluding hydrogens is 226 g/mol. The molecule has 6 heteroatoms. The van der Waals surface area contributed by atoms with Crippen molar-refractivity contribution in [3.05, 3.63) is 18.0 Å². The highest BCUT2D eigenvalue weighted by Gasteiger charge is 2.31. The van der Waals surface area contributed by atoms with Crippen LogP contribution >= 0.6 is 0 Å². The number of anilines is 1. The minimum absolute atomic E-state index is 0.281. The van der Waals surface area contributed by atoms with Gasteiger partial charge in [0.25, 0.3) is 0 Å². The third-order valence-corrected chi connectivity index (χ3v) is 4.41. The Kier molecular flexibility index (Phi) is 2.84. The number of hydrogen-bond acceptors (Lipinski definition) is 5. The van der Waals surface area contributed by atoms with Gasteiger partial charge in [0.2, 0.25) is 5.95 Å². The van der Waals surface area contributed by atoms with E-state index in [2.05, 4.69) is 9.97 Å². The molecule has 16 heavy (non-hydrogen) atoms. The Morgan fingerprint density at radius 3 is 2.81 bits per heavy atom. The standard InChI is InChI=1S/C10H15N3O2S/c1-8-3-5-11-10(12-8)13-6-4-9(7-13)16(2,14)15/h3,5,9H,4,6-7H2,1-2H3. The first-order valence-corrected chi connectivity index (χ1v) is 7.16. The molecule has 0 aromatic carbocycles. The molecule has 0 bridgehead atoms. The van der Waals surface area contributed by atoms with Gasteiger partial charge in [0, 0.05) is 31.2 Å². The molecular formula is C10H15N3O2S. The lowest BCUT2D eigenvalue weighted by Gasteiger charge is -2.15. The normalized spacial score (nSPS) is 21.4. The van der Waals surface area contributed by atoms with E-state index < -0.39 is 9.84 Å². The van der Waals surface area contributed by atoms with Crippen LogP contribution in [0, 0.1) is 6.92 Å². The summed E-state index contributed by atoms with van der Waals surface area (Å²) in [5.74, 6) is 0.631. The summed E-state index contributed by atoms with van der Waals surface area (Å²) in [6, 6.07) is 1.83. The smallest absolute Gasteiger partial charge is 0.225 e. The van der Waals surface area contributed by atoms with Gasteiger partial charge in [0.15, 0.2) is 9.84 Å². The van der Waals surface area contributed by atoms with Crippen molar-refractivity contribution in [3.63, 3.8) is 0 Å². The molecule has 1 aromatic heterocycles. The molecule has 88 valence electrons. The molecule has 0 saturated carbocycles. The zero-order valence-corrected chi connectivity index (χ0v) is 10.2. The minimum Gasteiger partial charge on any atom is -0.339 e. The average Bonchev–Trinajstić information content (AvgIpc) is 2.65. The highest BCUT2D eigenvalue weighted by atomic mass is 32.2. The Morgan fingerprint density at radius 2 is 2.25 bits per heavy atom. The van der Waals surface area contributed by atoms with E-state index in [9.17, 15) is 8.42 Å². The van der Waals surface area contributed by atoms with Crippen LogP contribution in [0.1, 0.15) is 12.1 Å². The number of rotatable bonds is 2. The van der Waals surface area contributed by atoms with E-state index in [0.717, 1.165) is 5.69 Å². The Bertz CT molecular complexity index is 487. The zero-order valence-electron chi connectivity index (χ0n) is 9.42. The van der Waals surface area contributed by atoms with Crippen molar-refractivity contribution in [2.75, 3.05) is 24.2 Å². The van der Waals surface area contributed by atoms with Crippen LogP contribution in [0.3, 0.4) is 0 Å². The first kappa shape index (κ1) is 11.3. The van der Waals surface area contributed by atoms with Crippen LogP contribution in [0.15, 0.2) is 12.3 Å². The van der Waals surface area contributed by atoms with E-state index in [1.54, 1.807) is 6.20 Å². The maximum absolute atomic E-state index is 11.4. The van der Waals surface area contributed by atoms with Crippen LogP contribution in [-0.4, -0.2) is 43.0 Å². The van der Waals surface area contributed by atoms with Crippen molar-refractivity contribution in [2.24, 2.45) is 0 Å². The van der Waals surface area contributed by atoms with Crippen molar-refractivity contribution < 1.29 is 8.42 Å². The number of sulfone groups is 1. The lowest BCUT2D eigenvalue weighted by atomic mass is 10.4. The molecule has 2 heterocycles. The summed E-state index contributed by atoms with van der Waals surface area (Å²) in [6.45, 7) is 3.11. The van der Waals surface area contributed by atoms with Gasteiger partial charge in [-0.15, -0.1) is 0 Å². The third-order valence-electron chi connectivity index (χ3n) is 2.82. The molecule has 0 radical (unpaired) electrons. The van der Waals surface area contributed by atoms with Crippen molar-refractivity contribution in [3.8, 4) is 0 Å². The molecule has 1 aliphatic rings. The summed E-state index contributed by atoms with van der Waals surface area (Å²) in [5.41, 5.74) is 0.896. The highest BCUT2D eigenvalue weighted by molar-refractivity contribution is 7.91. The lowest BCUT2D eigenvalue weighted by Crippen LogP contribution is -2.27. The molecule has 0 amide bonds. The molecule has 0 aliphatic carbocycles. The third kappa shape index (κ3) is 2.32. The molecule has 5 nitrogen and oxygen atoms in total. The SMILES string of the molecule is Cc1ccnc(N2CCC(S(C)(=O)=O)C2)n1. The van der Waals surface area contributed by atoms with E-state index in [1.807, 2.05) is 17.9 Å². The molecule has 1 atom stereocenters. The van der Waals surface area contributed by atoms with Crippen LogP contribution in [0.5, 0.6) is 0 Å². The topological polar surface area (TPSA) is 63.2 Å². The van der Waals surface area contributed by atoms with E-state index in [0.29, 0.717) is 25.5 Å². The predicted octanol–water partition coefficient (Wildman–Crippen LogP) is 0.408. The number of hydrogen-bond donors (Lipinski definition) is 0. The summed E-state index contributed by atoms with van der Waals surface area (Å²) in [7, 11) is -2.95. The fourth-order valence-electron chi connectivity index (χ4n) is 1.85. The second kappa shape index (κ2) is 4.01. The quantitative estimate of drug-likeness (QED) is 0.750. The van der Waals surface area contributed by atoms with Gasteiger partial charge in [-0.25, -0.2) is 18.4 Å². The summed E-state index contributed by atoms with van der Waals surface area (Å²) < 4.78 is 22.8. The van der Waals surface area contributed by atoms with Gasteiger partial charge in [-0.2, -0.15) is 0 Å². The van der Waals surface area contributed by atoms with Crippen LogP contribution in [0.2, 0.25) is 0 Å². The Labute approximate surface area is 95.4 Å². The van der Waals surface area contributed by atoms with E-state index in [4.69, 9.17) is 0 Å². The van der Waals surface area contributed by atoms with E-state index >= 15 is 0 Å². The van der Waals surface area contributed by atoms with E-state index in [-0.39, 0.29) is 5.25 Å². The van der Waals surface area contributed by atoms with Crippen LogP contribution in [0.25, 0.3) is 0 Å². The Morgan fingerprint density at radius 1 is 1.50 bits per heavy atom. The lowest BCUT2D eigenvalue weighted by molar-refractivity contribution is 0.589. The summed E-state index contributed by atoms with van der Waals surface area (Å²) >= 11 is 0. The Hall–Kier alpha value is -1.17. The molecule has 2 rings (SSSR count). The largest absolute Gasteiger partial charge is 0.339 e. The van der Waals surface area contributed by atoms with Gasteiger partial charge in [-0.3, -0.25) is 0 Å². The maximum atomic E-state index is 11.4. The average molecular weight is 241 g/mol. The van der Waals surface area contributed by atoms with Gasteiger partial charge in [0.05, 0.1) is 5.25 Å². The highest BCUT2D eigenvalue weighted by Crippen LogP contribution is 2.20. The first-order valence-electron chi connectivity index (χ1n) is 5.20. The minimum atomic E-state index is -2.95. The molecule has 1 fully saturated rings. The van der Waals surface area contributed by atoms with Gasteiger partial charge < -0.3 is 4.90 Å². The van der Waals surface area contributed by atoms with Crippen molar-refractivity contribution >= 4 is 15.8 Å². The van der Waals surface area contributed by atoms with Gasteiger partial charge in [-0.1, -0.05) is 0 Å². The van der Waals surface area contributed by atoms with Crippen LogP contribution < -0.4 is 4.90 Å². The number of nitrogens with zero attached hydrogens (tertiary/aromatic N) is 3. The van der Waals surface area contributed by atoms with Crippen LogP contribution in [0.4, 0.5) is 5.95 Å². The molecule has 0 spiro atoms. The second-order valence-corrected chi connectivity index (χ2v) is 6.51. The van der Waals surface area contributed by atoms with Crippen LogP contribution in [-0.2, 0) is 9.84 Å². The van der Waals surface area contributed by atoms with Crippen molar-refractivity contribution in [1.82, 2.24) is 9.97 Å². The van der Waals surface area contributed by atoms with Gasteiger partial charge in [0.1, 0.15) is 0 Å². The fourth-order valence-corrected chi connectivity index (χ4v) is 2.83. The van der Waals surface area contributed by atoms with Crippen molar-refractivity contribution in [1.29, 1.82) is 0 Å².